The number of piperazine rings is 1. The van der Waals surface area contributed by atoms with Crippen LogP contribution in [-0.2, 0) is 20.7 Å². The predicted octanol–water partition coefficient (Wildman–Crippen LogP) is 2.16. The van der Waals surface area contributed by atoms with Crippen molar-refractivity contribution in [3.05, 3.63) is 29.8 Å². The highest BCUT2D eigenvalue weighted by atomic mass is 16.6. The highest BCUT2D eigenvalue weighted by Gasteiger charge is 2.32. The topological polar surface area (TPSA) is 96.4 Å². The Hall–Kier alpha value is -2.77. The summed E-state index contributed by atoms with van der Waals surface area (Å²) in [6.45, 7) is 8.39. The van der Waals surface area contributed by atoms with Gasteiger partial charge in [-0.1, -0.05) is 12.1 Å². The molecule has 154 valence electrons. The van der Waals surface area contributed by atoms with Crippen molar-refractivity contribution in [3.63, 3.8) is 0 Å². The Labute approximate surface area is 165 Å². The van der Waals surface area contributed by atoms with E-state index >= 15 is 0 Å². The highest BCUT2D eigenvalue weighted by Crippen LogP contribution is 2.17. The Morgan fingerprint density at radius 3 is 2.54 bits per heavy atom. The minimum Gasteiger partial charge on any atom is -0.484 e. The fourth-order valence-electron chi connectivity index (χ4n) is 2.93. The number of hydrogen-bond acceptors (Lipinski definition) is 5. The summed E-state index contributed by atoms with van der Waals surface area (Å²) < 4.78 is 10.9. The minimum absolute atomic E-state index is 0.102. The Morgan fingerprint density at radius 1 is 1.21 bits per heavy atom. The third-order valence-electron chi connectivity index (χ3n) is 4.22. The average molecular weight is 392 g/mol. The number of carbonyl (C=O) groups is 3. The van der Waals surface area contributed by atoms with Gasteiger partial charge in [0.15, 0.2) is 6.61 Å². The molecular formula is C20H28N2O6. The molecule has 2 amide bonds. The minimum atomic E-state index is -0.926. The second kappa shape index (κ2) is 8.95. The van der Waals surface area contributed by atoms with E-state index in [-0.39, 0.29) is 31.1 Å². The van der Waals surface area contributed by atoms with Gasteiger partial charge in [0, 0.05) is 25.7 Å². The van der Waals surface area contributed by atoms with Crippen molar-refractivity contribution < 1.29 is 29.0 Å². The summed E-state index contributed by atoms with van der Waals surface area (Å²) in [6.07, 6.45) is -0.478. The maximum Gasteiger partial charge on any atom is 0.410 e. The smallest absolute Gasteiger partial charge is 0.410 e. The van der Waals surface area contributed by atoms with E-state index in [1.807, 2.05) is 27.7 Å². The van der Waals surface area contributed by atoms with Crippen LogP contribution in [-0.4, -0.2) is 70.8 Å². The van der Waals surface area contributed by atoms with Gasteiger partial charge in [0.1, 0.15) is 11.4 Å². The van der Waals surface area contributed by atoms with Crippen molar-refractivity contribution in [2.24, 2.45) is 0 Å². The summed E-state index contributed by atoms with van der Waals surface area (Å²) >= 11 is 0. The first-order valence-electron chi connectivity index (χ1n) is 9.26. The molecule has 1 aromatic rings. The quantitative estimate of drug-likeness (QED) is 0.825. The number of nitrogens with zero attached hydrogens (tertiary/aromatic N) is 2. The van der Waals surface area contributed by atoms with E-state index in [0.717, 1.165) is 0 Å². The molecular weight excluding hydrogens is 364 g/mol. The van der Waals surface area contributed by atoms with E-state index in [1.165, 1.54) is 0 Å². The molecule has 1 heterocycles. The molecule has 0 aromatic heterocycles. The Kier molecular flexibility index (Phi) is 6.88. The number of ether oxygens (including phenoxy) is 2. The van der Waals surface area contributed by atoms with Crippen LogP contribution in [0.25, 0.3) is 0 Å². The van der Waals surface area contributed by atoms with Gasteiger partial charge in [0.2, 0.25) is 0 Å². The Balaban J connectivity index is 1.86. The molecule has 1 aromatic carbocycles. The second-order valence-electron chi connectivity index (χ2n) is 7.87. The highest BCUT2D eigenvalue weighted by molar-refractivity contribution is 5.78. The van der Waals surface area contributed by atoms with Crippen molar-refractivity contribution in [3.8, 4) is 5.75 Å². The number of carboxylic acid groups (broad SMARTS) is 1. The first kappa shape index (κ1) is 21.5. The van der Waals surface area contributed by atoms with Gasteiger partial charge in [-0.3, -0.25) is 9.59 Å². The molecule has 1 saturated heterocycles. The molecule has 2 rings (SSSR count). The van der Waals surface area contributed by atoms with Crippen LogP contribution in [0, 0.1) is 0 Å². The van der Waals surface area contributed by atoms with E-state index in [1.54, 1.807) is 34.1 Å². The maximum absolute atomic E-state index is 12.5. The van der Waals surface area contributed by atoms with Crippen LogP contribution in [0.1, 0.15) is 33.3 Å². The third-order valence-corrected chi connectivity index (χ3v) is 4.22. The molecule has 1 aliphatic rings. The number of rotatable bonds is 5. The monoisotopic (exact) mass is 392 g/mol. The zero-order valence-corrected chi connectivity index (χ0v) is 16.8. The van der Waals surface area contributed by atoms with Gasteiger partial charge in [-0.25, -0.2) is 4.79 Å². The second-order valence-corrected chi connectivity index (χ2v) is 7.87. The molecule has 0 radical (unpaired) electrons. The van der Waals surface area contributed by atoms with E-state index in [2.05, 4.69) is 0 Å². The average Bonchev–Trinajstić information content (AvgIpc) is 2.57. The molecule has 8 nitrogen and oxygen atoms in total. The maximum atomic E-state index is 12.5. The lowest BCUT2D eigenvalue weighted by atomic mass is 10.1. The zero-order valence-electron chi connectivity index (χ0n) is 16.8. The van der Waals surface area contributed by atoms with Gasteiger partial charge in [-0.15, -0.1) is 0 Å². The lowest BCUT2D eigenvalue weighted by Gasteiger charge is -2.40. The van der Waals surface area contributed by atoms with E-state index < -0.39 is 11.6 Å². The van der Waals surface area contributed by atoms with Crippen molar-refractivity contribution in [1.82, 2.24) is 9.80 Å². The van der Waals surface area contributed by atoms with E-state index in [4.69, 9.17) is 14.6 Å². The van der Waals surface area contributed by atoms with Crippen LogP contribution in [0.3, 0.4) is 0 Å². The molecule has 28 heavy (non-hydrogen) atoms. The van der Waals surface area contributed by atoms with Crippen molar-refractivity contribution in [2.45, 2.75) is 45.8 Å². The molecule has 1 atom stereocenters. The molecule has 8 heteroatoms. The standard InChI is InChI=1S/C20H28N2O6/c1-14-12-21(8-9-22(14)19(26)28-20(2,3)4)17(23)13-27-16-7-5-6-15(10-16)11-18(24)25/h5-7,10,14H,8-9,11-13H2,1-4H3,(H,24,25)/t14-/m0/s1. The fourth-order valence-corrected chi connectivity index (χ4v) is 2.93. The molecule has 0 bridgehead atoms. The zero-order chi connectivity index (χ0) is 20.9. The number of amides is 2. The van der Waals surface area contributed by atoms with Gasteiger partial charge >= 0.3 is 12.1 Å². The Morgan fingerprint density at radius 2 is 1.93 bits per heavy atom. The largest absolute Gasteiger partial charge is 0.484 e. The molecule has 0 spiro atoms. The summed E-state index contributed by atoms with van der Waals surface area (Å²) in [6, 6.07) is 6.53. The summed E-state index contributed by atoms with van der Waals surface area (Å²) in [5.74, 6) is -0.656. The van der Waals surface area contributed by atoms with Crippen molar-refractivity contribution in [1.29, 1.82) is 0 Å². The lowest BCUT2D eigenvalue weighted by molar-refractivity contribution is -0.137. The van der Waals surface area contributed by atoms with Crippen molar-refractivity contribution in [2.75, 3.05) is 26.2 Å². The van der Waals surface area contributed by atoms with Gasteiger partial charge in [-0.05, 0) is 45.4 Å². The third kappa shape index (κ3) is 6.44. The lowest BCUT2D eigenvalue weighted by Crippen LogP contribution is -2.56. The van der Waals surface area contributed by atoms with Gasteiger partial charge in [0.05, 0.1) is 6.42 Å². The first-order valence-corrected chi connectivity index (χ1v) is 9.26. The number of benzene rings is 1. The number of hydrogen-bond donors (Lipinski definition) is 1. The number of carboxylic acids is 1. The van der Waals surface area contributed by atoms with Crippen LogP contribution >= 0.6 is 0 Å². The van der Waals surface area contributed by atoms with Crippen molar-refractivity contribution >= 4 is 18.0 Å². The van der Waals surface area contributed by atoms with Crippen LogP contribution in [0.15, 0.2) is 24.3 Å². The summed E-state index contributed by atoms with van der Waals surface area (Å²) in [5, 5.41) is 8.86. The summed E-state index contributed by atoms with van der Waals surface area (Å²) in [4.78, 5) is 38.8. The summed E-state index contributed by atoms with van der Waals surface area (Å²) in [5.41, 5.74) is 0.0457. The molecule has 0 aliphatic carbocycles. The van der Waals surface area contributed by atoms with Crippen LogP contribution in [0.5, 0.6) is 5.75 Å². The van der Waals surface area contributed by atoms with E-state index in [0.29, 0.717) is 30.9 Å². The Bertz CT molecular complexity index is 728. The predicted molar refractivity (Wildman–Crippen MR) is 102 cm³/mol. The van der Waals surface area contributed by atoms with Crippen LogP contribution in [0.4, 0.5) is 4.79 Å². The molecule has 0 unspecified atom stereocenters. The van der Waals surface area contributed by atoms with Crippen LogP contribution in [0.2, 0.25) is 0 Å². The van der Waals surface area contributed by atoms with Gasteiger partial charge in [0.25, 0.3) is 5.91 Å². The number of carbonyl (C=O) groups excluding carboxylic acids is 2. The molecule has 1 N–H and O–H groups in total. The molecule has 1 aliphatic heterocycles. The normalized spacial score (nSPS) is 17.2. The molecule has 0 saturated carbocycles. The van der Waals surface area contributed by atoms with Gasteiger partial charge in [-0.2, -0.15) is 0 Å². The summed E-state index contributed by atoms with van der Waals surface area (Å²) in [7, 11) is 0. The number of aliphatic carboxylic acids is 1. The van der Waals surface area contributed by atoms with Crippen LogP contribution < -0.4 is 4.74 Å². The SMILES string of the molecule is C[C@H]1CN(C(=O)COc2cccc(CC(=O)O)c2)CCN1C(=O)OC(C)(C)C. The molecule has 1 fully saturated rings. The first-order chi connectivity index (χ1) is 13.0. The van der Waals surface area contributed by atoms with Gasteiger partial charge < -0.3 is 24.4 Å². The fraction of sp³-hybridized carbons (Fsp3) is 0.550. The van der Waals surface area contributed by atoms with E-state index in [9.17, 15) is 14.4 Å².